The van der Waals surface area contributed by atoms with Crippen molar-refractivity contribution in [2.75, 3.05) is 33.1 Å². The first-order valence-corrected chi connectivity index (χ1v) is 10.5. The van der Waals surface area contributed by atoms with Gasteiger partial charge in [-0.1, -0.05) is 12.1 Å². The largest absolute Gasteiger partial charge is 0.497 e. The summed E-state index contributed by atoms with van der Waals surface area (Å²) in [5, 5.41) is 6.49. The molecule has 0 aliphatic rings. The number of anilines is 1. The van der Waals surface area contributed by atoms with Crippen molar-refractivity contribution in [2.24, 2.45) is 0 Å². The lowest BCUT2D eigenvalue weighted by molar-refractivity contribution is 0.330. The molecule has 0 bridgehead atoms. The van der Waals surface area contributed by atoms with Crippen LogP contribution >= 0.6 is 12.2 Å². The molecule has 0 fully saturated rings. The van der Waals surface area contributed by atoms with E-state index in [0.717, 1.165) is 15.6 Å². The van der Waals surface area contributed by atoms with Gasteiger partial charge in [0.15, 0.2) is 5.11 Å². The number of hydrogen-bond donors (Lipinski definition) is 2. The summed E-state index contributed by atoms with van der Waals surface area (Å²) in [5.74, 6) is 1.09. The van der Waals surface area contributed by atoms with Crippen LogP contribution in [0.3, 0.4) is 0 Å². The van der Waals surface area contributed by atoms with Crippen LogP contribution in [0.5, 0.6) is 11.5 Å². The van der Waals surface area contributed by atoms with Crippen LogP contribution in [0.1, 0.15) is 12.5 Å². The highest BCUT2D eigenvalue weighted by Crippen LogP contribution is 2.29. The Morgan fingerprint density at radius 3 is 2.39 bits per heavy atom. The predicted octanol–water partition coefficient (Wildman–Crippen LogP) is 2.83. The van der Waals surface area contributed by atoms with E-state index in [9.17, 15) is 8.42 Å². The van der Waals surface area contributed by atoms with Crippen molar-refractivity contribution in [3.8, 4) is 11.5 Å². The Kier molecular flexibility index (Phi) is 7.61. The summed E-state index contributed by atoms with van der Waals surface area (Å²) >= 11 is 5.32. The highest BCUT2D eigenvalue weighted by Gasteiger charge is 2.23. The van der Waals surface area contributed by atoms with Gasteiger partial charge in [0, 0.05) is 26.3 Å². The summed E-state index contributed by atoms with van der Waals surface area (Å²) in [4.78, 5) is 0.0855. The Balaban J connectivity index is 2.11. The molecule has 0 saturated heterocycles. The molecule has 0 aromatic heterocycles. The maximum atomic E-state index is 12.6. The van der Waals surface area contributed by atoms with Gasteiger partial charge in [0.2, 0.25) is 10.0 Å². The minimum Gasteiger partial charge on any atom is -0.497 e. The second kappa shape index (κ2) is 9.72. The van der Waals surface area contributed by atoms with E-state index in [1.54, 1.807) is 26.2 Å². The van der Waals surface area contributed by atoms with Gasteiger partial charge in [-0.2, -0.15) is 0 Å². The van der Waals surface area contributed by atoms with Crippen LogP contribution in [0.4, 0.5) is 5.69 Å². The van der Waals surface area contributed by atoms with Gasteiger partial charge in [0.25, 0.3) is 0 Å². The zero-order valence-electron chi connectivity index (χ0n) is 16.4. The topological polar surface area (TPSA) is 79.9 Å². The number of nitrogens with zero attached hydrogens (tertiary/aromatic N) is 1. The fourth-order valence-electron chi connectivity index (χ4n) is 2.36. The summed E-state index contributed by atoms with van der Waals surface area (Å²) in [7, 11) is 0.919. The number of hydrogen-bond acceptors (Lipinski definition) is 5. The molecule has 9 heteroatoms. The van der Waals surface area contributed by atoms with Gasteiger partial charge in [-0.3, -0.25) is 0 Å². The zero-order valence-corrected chi connectivity index (χ0v) is 18.0. The van der Waals surface area contributed by atoms with E-state index in [1.165, 1.54) is 20.2 Å². The van der Waals surface area contributed by atoms with Crippen molar-refractivity contribution in [3.05, 3.63) is 48.0 Å². The first-order chi connectivity index (χ1) is 13.3. The normalized spacial score (nSPS) is 11.2. The molecular weight excluding hydrogens is 398 g/mol. The number of thiocarbonyl (C=S) groups is 1. The van der Waals surface area contributed by atoms with Gasteiger partial charge < -0.3 is 20.1 Å². The first-order valence-electron chi connectivity index (χ1n) is 8.65. The van der Waals surface area contributed by atoms with Crippen molar-refractivity contribution >= 4 is 33.0 Å². The van der Waals surface area contributed by atoms with Crippen molar-refractivity contribution in [1.82, 2.24) is 9.62 Å². The Morgan fingerprint density at radius 1 is 1.14 bits per heavy atom. The average molecular weight is 424 g/mol. The molecule has 0 atom stereocenters. The molecule has 2 rings (SSSR count). The fraction of sp³-hybridized carbons (Fsp3) is 0.316. The van der Waals surface area contributed by atoms with Crippen molar-refractivity contribution in [1.29, 1.82) is 0 Å². The highest BCUT2D eigenvalue weighted by atomic mass is 32.2. The quantitative estimate of drug-likeness (QED) is 0.632. The molecule has 0 spiro atoms. The maximum Gasteiger partial charge on any atom is 0.246 e. The Hall–Kier alpha value is -2.36. The van der Waals surface area contributed by atoms with Crippen molar-refractivity contribution in [2.45, 2.75) is 18.4 Å². The van der Waals surface area contributed by atoms with Crippen LogP contribution in [0, 0.1) is 0 Å². The van der Waals surface area contributed by atoms with E-state index >= 15 is 0 Å². The molecule has 0 unspecified atom stereocenters. The van der Waals surface area contributed by atoms with E-state index in [4.69, 9.17) is 21.7 Å². The highest BCUT2D eigenvalue weighted by molar-refractivity contribution is 7.89. The lowest BCUT2D eigenvalue weighted by atomic mass is 10.2. The molecule has 2 N–H and O–H groups in total. The fourth-order valence-corrected chi connectivity index (χ4v) is 3.60. The van der Waals surface area contributed by atoms with E-state index in [1.807, 2.05) is 24.3 Å². The third kappa shape index (κ3) is 5.57. The van der Waals surface area contributed by atoms with Gasteiger partial charge >= 0.3 is 0 Å². The third-order valence-corrected chi connectivity index (χ3v) is 5.95. The van der Waals surface area contributed by atoms with Crippen LogP contribution in [0.25, 0.3) is 0 Å². The van der Waals surface area contributed by atoms with Crippen LogP contribution in [0.2, 0.25) is 0 Å². The molecule has 0 radical (unpaired) electrons. The maximum absolute atomic E-state index is 12.6. The third-order valence-electron chi connectivity index (χ3n) is 3.87. The molecule has 0 amide bonds. The average Bonchev–Trinajstić information content (AvgIpc) is 2.68. The number of methoxy groups -OCH3 is 1. The van der Waals surface area contributed by atoms with E-state index in [2.05, 4.69) is 10.6 Å². The van der Waals surface area contributed by atoms with Crippen molar-refractivity contribution in [3.63, 3.8) is 0 Å². The number of sulfonamides is 1. The summed E-state index contributed by atoms with van der Waals surface area (Å²) in [6.45, 7) is 2.69. The second-order valence-corrected chi connectivity index (χ2v) is 8.57. The van der Waals surface area contributed by atoms with Crippen LogP contribution in [0.15, 0.2) is 47.4 Å². The van der Waals surface area contributed by atoms with Crippen molar-refractivity contribution < 1.29 is 17.9 Å². The van der Waals surface area contributed by atoms with E-state index in [0.29, 0.717) is 29.7 Å². The van der Waals surface area contributed by atoms with E-state index in [-0.39, 0.29) is 4.90 Å². The summed E-state index contributed by atoms with van der Waals surface area (Å²) in [6.07, 6.45) is 0. The number of rotatable bonds is 8. The number of nitrogens with one attached hydrogen (secondary N) is 2. The molecule has 2 aromatic rings. The summed E-state index contributed by atoms with van der Waals surface area (Å²) in [5.41, 5.74) is 1.59. The van der Waals surface area contributed by atoms with Gasteiger partial charge in [-0.15, -0.1) is 0 Å². The van der Waals surface area contributed by atoms with Crippen LogP contribution < -0.4 is 20.1 Å². The molecule has 0 aliphatic carbocycles. The Morgan fingerprint density at radius 2 is 1.82 bits per heavy atom. The molecule has 152 valence electrons. The number of ether oxygens (including phenoxy) is 2. The molecular formula is C19H25N3O4S2. The minimum atomic E-state index is -3.66. The SMILES string of the molecule is CCOc1ccc(NC(=S)NCc2ccc(OC)cc2)cc1S(=O)(=O)N(C)C. The zero-order chi connectivity index (χ0) is 20.7. The van der Waals surface area contributed by atoms with Gasteiger partial charge in [-0.05, 0) is 55.0 Å². The van der Waals surface area contributed by atoms with Gasteiger partial charge in [0.05, 0.1) is 13.7 Å². The molecule has 0 saturated carbocycles. The number of benzene rings is 2. The Bertz CT molecular complexity index is 913. The lowest BCUT2D eigenvalue weighted by Crippen LogP contribution is -2.28. The monoisotopic (exact) mass is 423 g/mol. The summed E-state index contributed by atoms with van der Waals surface area (Å²) in [6, 6.07) is 12.5. The molecule has 0 aliphatic heterocycles. The molecule has 7 nitrogen and oxygen atoms in total. The second-order valence-electron chi connectivity index (χ2n) is 6.04. The van der Waals surface area contributed by atoms with Crippen LogP contribution in [-0.2, 0) is 16.6 Å². The van der Waals surface area contributed by atoms with E-state index < -0.39 is 10.0 Å². The smallest absolute Gasteiger partial charge is 0.246 e. The molecule has 28 heavy (non-hydrogen) atoms. The Labute approximate surface area is 171 Å². The summed E-state index contributed by atoms with van der Waals surface area (Å²) < 4.78 is 36.9. The van der Waals surface area contributed by atoms with Gasteiger partial charge in [-0.25, -0.2) is 12.7 Å². The van der Waals surface area contributed by atoms with Crippen LogP contribution in [-0.4, -0.2) is 45.6 Å². The lowest BCUT2D eigenvalue weighted by Gasteiger charge is -2.17. The molecule has 0 heterocycles. The van der Waals surface area contributed by atoms with Gasteiger partial charge in [0.1, 0.15) is 16.4 Å². The first kappa shape index (κ1) is 21.9. The molecule has 2 aromatic carbocycles. The predicted molar refractivity (Wildman–Crippen MR) is 115 cm³/mol. The minimum absolute atomic E-state index is 0.0855. The standard InChI is InChI=1S/C19H25N3O4S2/c1-5-26-17-11-8-15(12-18(17)28(23,24)22(2)3)21-19(27)20-13-14-6-9-16(25-4)10-7-14/h6-12H,5,13H2,1-4H3,(H2,20,21,27).